The molecular weight excluding hydrogens is 238 g/mol. The van der Waals surface area contributed by atoms with E-state index in [1.54, 1.807) is 0 Å². The molecule has 5 nitrogen and oxygen atoms in total. The maximum absolute atomic E-state index is 4.72. The van der Waals surface area contributed by atoms with Crippen LogP contribution in [0.25, 0.3) is 17.0 Å². The largest absolute Gasteiger partial charge is 0.272 e. The van der Waals surface area contributed by atoms with E-state index in [1.807, 2.05) is 10.6 Å². The van der Waals surface area contributed by atoms with Gasteiger partial charge in [0.1, 0.15) is 0 Å². The molecule has 0 N–H and O–H groups in total. The summed E-state index contributed by atoms with van der Waals surface area (Å²) in [5, 5.41) is 13.1. The molecule has 19 heavy (non-hydrogen) atoms. The van der Waals surface area contributed by atoms with Crippen molar-refractivity contribution in [3.05, 3.63) is 41.3 Å². The van der Waals surface area contributed by atoms with Gasteiger partial charge in [-0.05, 0) is 18.4 Å². The monoisotopic (exact) mass is 249 g/mol. The third-order valence-corrected chi connectivity index (χ3v) is 3.93. The molecule has 0 saturated heterocycles. The highest BCUT2D eigenvalue weighted by Crippen LogP contribution is 2.39. The third-order valence-electron chi connectivity index (χ3n) is 3.93. The predicted molar refractivity (Wildman–Crippen MR) is 68.8 cm³/mol. The van der Waals surface area contributed by atoms with Crippen molar-refractivity contribution >= 4 is 5.78 Å². The molecule has 1 fully saturated rings. The van der Waals surface area contributed by atoms with Crippen LogP contribution in [-0.4, -0.2) is 24.8 Å². The molecule has 1 saturated carbocycles. The molecule has 5 heteroatoms. The van der Waals surface area contributed by atoms with Crippen molar-refractivity contribution in [3.8, 4) is 11.3 Å². The SMILES string of the molecule is c1ccc2c(c1)Cc1nn3c(C4CC4)nnc3nc1-2. The Balaban J connectivity index is 1.79. The second kappa shape index (κ2) is 3.17. The van der Waals surface area contributed by atoms with E-state index in [2.05, 4.69) is 33.4 Å². The molecule has 3 aromatic rings. The van der Waals surface area contributed by atoms with Crippen LogP contribution in [0.1, 0.15) is 35.8 Å². The Kier molecular flexibility index (Phi) is 1.60. The van der Waals surface area contributed by atoms with Gasteiger partial charge in [0.2, 0.25) is 0 Å². The molecule has 0 bridgehead atoms. The van der Waals surface area contributed by atoms with Crippen molar-refractivity contribution < 1.29 is 0 Å². The number of nitrogens with zero attached hydrogens (tertiary/aromatic N) is 5. The molecular formula is C14H11N5. The quantitative estimate of drug-likeness (QED) is 0.517. The second-order valence-corrected chi connectivity index (χ2v) is 5.29. The molecule has 0 radical (unpaired) electrons. The van der Waals surface area contributed by atoms with Crippen molar-refractivity contribution in [1.82, 2.24) is 24.8 Å². The molecule has 0 aliphatic heterocycles. The zero-order valence-corrected chi connectivity index (χ0v) is 10.2. The highest BCUT2D eigenvalue weighted by molar-refractivity contribution is 5.72. The summed E-state index contributed by atoms with van der Waals surface area (Å²) in [7, 11) is 0. The zero-order valence-electron chi connectivity index (χ0n) is 10.2. The highest BCUT2D eigenvalue weighted by atomic mass is 15.4. The molecule has 2 heterocycles. The summed E-state index contributed by atoms with van der Waals surface area (Å²) >= 11 is 0. The molecule has 92 valence electrons. The predicted octanol–water partition coefficient (Wildman–Crippen LogP) is 1.97. The summed E-state index contributed by atoms with van der Waals surface area (Å²) < 4.78 is 1.84. The molecule has 2 aliphatic rings. The van der Waals surface area contributed by atoms with E-state index in [4.69, 9.17) is 5.10 Å². The van der Waals surface area contributed by atoms with Gasteiger partial charge in [-0.15, -0.1) is 10.2 Å². The van der Waals surface area contributed by atoms with Gasteiger partial charge in [0.25, 0.3) is 5.78 Å². The highest BCUT2D eigenvalue weighted by Gasteiger charge is 2.31. The zero-order chi connectivity index (χ0) is 12.4. The average molecular weight is 249 g/mol. The fourth-order valence-electron chi connectivity index (χ4n) is 2.80. The van der Waals surface area contributed by atoms with Crippen LogP contribution in [0.4, 0.5) is 0 Å². The van der Waals surface area contributed by atoms with Crippen LogP contribution < -0.4 is 0 Å². The lowest BCUT2D eigenvalue weighted by atomic mass is 10.1. The lowest BCUT2D eigenvalue weighted by Gasteiger charge is -2.00. The Morgan fingerprint density at radius 1 is 1.11 bits per heavy atom. The van der Waals surface area contributed by atoms with Crippen molar-refractivity contribution in [1.29, 1.82) is 0 Å². The molecule has 5 rings (SSSR count). The minimum atomic E-state index is 0.533. The van der Waals surface area contributed by atoms with E-state index in [1.165, 1.54) is 24.0 Å². The van der Waals surface area contributed by atoms with Gasteiger partial charge < -0.3 is 0 Å². The third kappa shape index (κ3) is 1.24. The number of hydrogen-bond acceptors (Lipinski definition) is 4. The number of rotatable bonds is 1. The molecule has 0 amide bonds. The van der Waals surface area contributed by atoms with Crippen molar-refractivity contribution in [2.45, 2.75) is 25.2 Å². The maximum Gasteiger partial charge on any atom is 0.272 e. The van der Waals surface area contributed by atoms with E-state index >= 15 is 0 Å². The van der Waals surface area contributed by atoms with Gasteiger partial charge >= 0.3 is 0 Å². The fraction of sp³-hybridized carbons (Fsp3) is 0.286. The normalized spacial score (nSPS) is 16.6. The summed E-state index contributed by atoms with van der Waals surface area (Å²) in [6, 6.07) is 8.35. The minimum absolute atomic E-state index is 0.533. The Morgan fingerprint density at radius 2 is 2.00 bits per heavy atom. The number of benzene rings is 1. The molecule has 0 spiro atoms. The Hall–Kier alpha value is -2.30. The summed E-state index contributed by atoms with van der Waals surface area (Å²) in [4.78, 5) is 4.65. The fourth-order valence-corrected chi connectivity index (χ4v) is 2.80. The molecule has 2 aliphatic carbocycles. The smallest absolute Gasteiger partial charge is 0.208 e. The lowest BCUT2D eigenvalue weighted by Crippen LogP contribution is -2.03. The van der Waals surface area contributed by atoms with Gasteiger partial charge in [-0.3, -0.25) is 0 Å². The lowest BCUT2D eigenvalue weighted by molar-refractivity contribution is 0.785. The van der Waals surface area contributed by atoms with Crippen molar-refractivity contribution in [3.63, 3.8) is 0 Å². The average Bonchev–Trinajstić information content (AvgIpc) is 3.10. The van der Waals surface area contributed by atoms with Crippen molar-refractivity contribution in [2.24, 2.45) is 0 Å². The van der Waals surface area contributed by atoms with Crippen molar-refractivity contribution in [2.75, 3.05) is 0 Å². The van der Waals surface area contributed by atoms with Gasteiger partial charge in [0.15, 0.2) is 5.82 Å². The van der Waals surface area contributed by atoms with Crippen LogP contribution in [0.2, 0.25) is 0 Å². The van der Waals surface area contributed by atoms with Crippen LogP contribution >= 0.6 is 0 Å². The first-order valence-corrected chi connectivity index (χ1v) is 6.60. The minimum Gasteiger partial charge on any atom is -0.208 e. The van der Waals surface area contributed by atoms with E-state index < -0.39 is 0 Å². The van der Waals surface area contributed by atoms with Crippen LogP contribution in [0.15, 0.2) is 24.3 Å². The number of fused-ring (bicyclic) bond motifs is 4. The van der Waals surface area contributed by atoms with Gasteiger partial charge in [0, 0.05) is 17.9 Å². The standard InChI is InChI=1S/C14H11N5/c1-2-4-10-9(3-1)7-11-12(10)15-14-17-16-13(8-5-6-8)19(14)18-11/h1-4,8H,5-7H2. The van der Waals surface area contributed by atoms with Crippen LogP contribution in [0.3, 0.4) is 0 Å². The van der Waals surface area contributed by atoms with E-state index in [0.29, 0.717) is 11.7 Å². The van der Waals surface area contributed by atoms with E-state index in [9.17, 15) is 0 Å². The summed E-state index contributed by atoms with van der Waals surface area (Å²) in [6.07, 6.45) is 3.25. The topological polar surface area (TPSA) is 56.0 Å². The van der Waals surface area contributed by atoms with Gasteiger partial charge in [-0.25, -0.2) is 4.98 Å². The summed E-state index contributed by atoms with van der Waals surface area (Å²) in [5.41, 5.74) is 4.49. The van der Waals surface area contributed by atoms with Gasteiger partial charge in [-0.2, -0.15) is 9.61 Å². The van der Waals surface area contributed by atoms with Gasteiger partial charge in [0.05, 0.1) is 11.4 Å². The Labute approximate surface area is 109 Å². The number of hydrogen-bond donors (Lipinski definition) is 0. The van der Waals surface area contributed by atoms with Crippen LogP contribution in [0, 0.1) is 0 Å². The molecule has 1 aromatic carbocycles. The van der Waals surface area contributed by atoms with Gasteiger partial charge in [-0.1, -0.05) is 24.3 Å². The Bertz CT molecular complexity index is 816. The molecule has 0 unspecified atom stereocenters. The summed E-state index contributed by atoms with van der Waals surface area (Å²) in [5.74, 6) is 2.13. The number of aromatic nitrogens is 5. The Morgan fingerprint density at radius 3 is 2.89 bits per heavy atom. The summed E-state index contributed by atoms with van der Waals surface area (Å²) in [6.45, 7) is 0. The van der Waals surface area contributed by atoms with Crippen LogP contribution in [0.5, 0.6) is 0 Å². The van der Waals surface area contributed by atoms with Crippen LogP contribution in [-0.2, 0) is 6.42 Å². The molecule has 0 atom stereocenters. The second-order valence-electron chi connectivity index (χ2n) is 5.29. The van der Waals surface area contributed by atoms with E-state index in [-0.39, 0.29) is 0 Å². The van der Waals surface area contributed by atoms with E-state index in [0.717, 1.165) is 23.6 Å². The maximum atomic E-state index is 4.72. The first kappa shape index (κ1) is 9.61. The first-order valence-electron chi connectivity index (χ1n) is 6.60. The first-order chi connectivity index (χ1) is 9.40. The molecule has 2 aromatic heterocycles.